The molecule has 0 spiro atoms. The van der Waals surface area contributed by atoms with Gasteiger partial charge in [0.05, 0.1) is 17.4 Å². The van der Waals surface area contributed by atoms with Crippen LogP contribution in [-0.4, -0.2) is 17.9 Å². The first-order valence-corrected chi connectivity index (χ1v) is 10.6. The van der Waals surface area contributed by atoms with Crippen molar-refractivity contribution in [2.75, 3.05) is 9.96 Å². The van der Waals surface area contributed by atoms with E-state index in [0.717, 1.165) is 15.7 Å². The molecule has 3 atom stereocenters. The summed E-state index contributed by atoms with van der Waals surface area (Å²) in [5.74, 6) is -1.33. The van der Waals surface area contributed by atoms with E-state index in [1.165, 1.54) is 4.90 Å². The topological polar surface area (TPSA) is 49.9 Å². The van der Waals surface area contributed by atoms with Gasteiger partial charge in [-0.05, 0) is 54.1 Å². The summed E-state index contributed by atoms with van der Waals surface area (Å²) in [6, 6.07) is 23.4. The molecule has 0 N–H and O–H groups in total. The minimum Gasteiger partial charge on any atom is -0.273 e. The van der Waals surface area contributed by atoms with Crippen molar-refractivity contribution in [3.63, 3.8) is 0 Å². The average molecular weight is 484 g/mol. The molecular formula is C23H16BrClN2O3. The van der Waals surface area contributed by atoms with Gasteiger partial charge in [0.2, 0.25) is 5.91 Å². The van der Waals surface area contributed by atoms with Crippen molar-refractivity contribution in [2.24, 2.45) is 5.92 Å². The second kappa shape index (κ2) is 7.54. The van der Waals surface area contributed by atoms with Crippen molar-refractivity contribution in [3.8, 4) is 0 Å². The normalized spacial score (nSPS) is 23.2. The molecule has 3 aromatic carbocycles. The molecule has 0 saturated carbocycles. The van der Waals surface area contributed by atoms with Gasteiger partial charge in [-0.25, -0.2) is 9.96 Å². The van der Waals surface area contributed by atoms with Crippen LogP contribution in [0, 0.1) is 5.92 Å². The van der Waals surface area contributed by atoms with Crippen LogP contribution in [0.15, 0.2) is 83.3 Å². The monoisotopic (exact) mass is 482 g/mol. The third-order valence-corrected chi connectivity index (χ3v) is 6.16. The molecule has 5 rings (SSSR count). The molecule has 0 aliphatic carbocycles. The number of hydrogen-bond acceptors (Lipinski definition) is 4. The van der Waals surface area contributed by atoms with E-state index in [-0.39, 0.29) is 11.8 Å². The predicted octanol–water partition coefficient (Wildman–Crippen LogP) is 5.15. The Morgan fingerprint density at radius 2 is 1.57 bits per heavy atom. The Hall–Kier alpha value is -2.67. The maximum Gasteiger partial charge on any atom is 0.266 e. The number of halogens is 2. The molecule has 150 valence electrons. The van der Waals surface area contributed by atoms with E-state index in [9.17, 15) is 9.59 Å². The second-order valence-corrected chi connectivity index (χ2v) is 8.55. The molecule has 0 radical (unpaired) electrons. The standard InChI is InChI=1S/C23H16BrClN2O3/c24-15-9-11-17(12-10-15)26-22(28)19-20(14-5-4-6-16(25)13-14)27(30-21(19)23(26)29)18-7-2-1-3-8-18/h1-13,19-21H/t19-,20-,21+/m0/s1. The molecular weight excluding hydrogens is 468 g/mol. The molecule has 7 heteroatoms. The van der Waals surface area contributed by atoms with E-state index in [0.29, 0.717) is 10.7 Å². The van der Waals surface area contributed by atoms with Crippen LogP contribution in [0.5, 0.6) is 0 Å². The molecule has 2 heterocycles. The zero-order valence-corrected chi connectivity index (χ0v) is 18.0. The van der Waals surface area contributed by atoms with Crippen molar-refractivity contribution in [1.29, 1.82) is 0 Å². The molecule has 2 aliphatic heterocycles. The summed E-state index contributed by atoms with van der Waals surface area (Å²) >= 11 is 9.62. The number of carbonyl (C=O) groups excluding carboxylic acids is 2. The van der Waals surface area contributed by atoms with Crippen LogP contribution in [0.25, 0.3) is 0 Å². The Morgan fingerprint density at radius 1 is 0.833 bits per heavy atom. The quantitative estimate of drug-likeness (QED) is 0.483. The zero-order chi connectivity index (χ0) is 20.8. The van der Waals surface area contributed by atoms with Crippen molar-refractivity contribution in [2.45, 2.75) is 12.1 Å². The Balaban J connectivity index is 1.59. The van der Waals surface area contributed by atoms with Gasteiger partial charge >= 0.3 is 0 Å². The number of rotatable bonds is 3. The van der Waals surface area contributed by atoms with Gasteiger partial charge in [-0.3, -0.25) is 14.4 Å². The first-order valence-electron chi connectivity index (χ1n) is 9.44. The smallest absolute Gasteiger partial charge is 0.266 e. The average Bonchev–Trinajstić information content (AvgIpc) is 3.26. The number of hydrogen-bond donors (Lipinski definition) is 0. The second-order valence-electron chi connectivity index (χ2n) is 7.20. The molecule has 3 aromatic rings. The third-order valence-electron chi connectivity index (χ3n) is 5.40. The lowest BCUT2D eigenvalue weighted by Crippen LogP contribution is -2.37. The van der Waals surface area contributed by atoms with E-state index >= 15 is 0 Å². The molecule has 2 amide bonds. The van der Waals surface area contributed by atoms with Gasteiger partial charge in [-0.15, -0.1) is 0 Å². The number of imide groups is 1. The Kier molecular flexibility index (Phi) is 4.85. The van der Waals surface area contributed by atoms with Gasteiger partial charge in [0, 0.05) is 9.50 Å². The molecule has 2 fully saturated rings. The summed E-state index contributed by atoms with van der Waals surface area (Å²) in [6.07, 6.45) is -0.898. The van der Waals surface area contributed by atoms with E-state index in [1.54, 1.807) is 35.4 Å². The van der Waals surface area contributed by atoms with Crippen LogP contribution in [0.1, 0.15) is 11.6 Å². The Labute approximate surface area is 186 Å². The number of nitrogens with zero attached hydrogens (tertiary/aromatic N) is 2. The van der Waals surface area contributed by atoms with Gasteiger partial charge < -0.3 is 0 Å². The van der Waals surface area contributed by atoms with Crippen LogP contribution in [0.4, 0.5) is 11.4 Å². The highest BCUT2D eigenvalue weighted by molar-refractivity contribution is 9.10. The number of anilines is 2. The summed E-state index contributed by atoms with van der Waals surface area (Å²) in [5, 5.41) is 2.22. The lowest BCUT2D eigenvalue weighted by atomic mass is 9.90. The van der Waals surface area contributed by atoms with E-state index in [2.05, 4.69) is 15.9 Å². The summed E-state index contributed by atoms with van der Waals surface area (Å²) in [6.45, 7) is 0. The maximum atomic E-state index is 13.5. The molecule has 30 heavy (non-hydrogen) atoms. The van der Waals surface area contributed by atoms with Crippen molar-refractivity contribution >= 4 is 50.7 Å². The Morgan fingerprint density at radius 3 is 2.27 bits per heavy atom. The SMILES string of the molecule is O=C1[C@@H]2[C@@H](ON(c3ccccc3)[C@H]2c2cccc(Cl)c2)C(=O)N1c1ccc(Br)cc1. The van der Waals surface area contributed by atoms with Gasteiger partial charge in [-0.2, -0.15) is 0 Å². The summed E-state index contributed by atoms with van der Waals surface area (Å²) in [5.41, 5.74) is 2.12. The number of carbonyl (C=O) groups is 2. The molecule has 0 bridgehead atoms. The summed E-state index contributed by atoms with van der Waals surface area (Å²) < 4.78 is 0.869. The largest absolute Gasteiger partial charge is 0.273 e. The lowest BCUT2D eigenvalue weighted by molar-refractivity contribution is -0.126. The molecule has 2 saturated heterocycles. The fraction of sp³-hybridized carbons (Fsp3) is 0.130. The fourth-order valence-corrected chi connectivity index (χ4v) is 4.55. The first-order chi connectivity index (χ1) is 14.5. The minimum atomic E-state index is -0.898. The van der Waals surface area contributed by atoms with Crippen molar-refractivity contribution < 1.29 is 14.4 Å². The predicted molar refractivity (Wildman–Crippen MR) is 118 cm³/mol. The van der Waals surface area contributed by atoms with Crippen LogP contribution in [0.2, 0.25) is 5.02 Å². The van der Waals surface area contributed by atoms with Crippen LogP contribution < -0.4 is 9.96 Å². The highest BCUT2D eigenvalue weighted by atomic mass is 79.9. The molecule has 0 unspecified atom stereocenters. The first kappa shape index (κ1) is 19.3. The number of fused-ring (bicyclic) bond motifs is 1. The molecule has 5 nitrogen and oxygen atoms in total. The summed E-state index contributed by atoms with van der Waals surface area (Å²) in [7, 11) is 0. The van der Waals surface area contributed by atoms with Crippen LogP contribution in [-0.2, 0) is 14.4 Å². The molecule has 2 aliphatic rings. The van der Waals surface area contributed by atoms with Crippen LogP contribution >= 0.6 is 27.5 Å². The van der Waals surface area contributed by atoms with E-state index < -0.39 is 18.1 Å². The highest BCUT2D eigenvalue weighted by Crippen LogP contribution is 2.47. The van der Waals surface area contributed by atoms with Gasteiger partial charge in [0.15, 0.2) is 6.10 Å². The number of benzene rings is 3. The number of para-hydroxylation sites is 1. The number of hydroxylamine groups is 1. The van der Waals surface area contributed by atoms with Gasteiger partial charge in [-0.1, -0.05) is 57.9 Å². The molecule has 0 aromatic heterocycles. The van der Waals surface area contributed by atoms with Crippen molar-refractivity contribution in [3.05, 3.63) is 93.9 Å². The number of amides is 2. The van der Waals surface area contributed by atoms with Gasteiger partial charge in [0.25, 0.3) is 5.91 Å². The lowest BCUT2D eigenvalue weighted by Gasteiger charge is -2.28. The van der Waals surface area contributed by atoms with E-state index in [1.807, 2.05) is 48.5 Å². The minimum absolute atomic E-state index is 0.282. The Bertz CT molecular complexity index is 1120. The maximum absolute atomic E-state index is 13.5. The zero-order valence-electron chi connectivity index (χ0n) is 15.6. The van der Waals surface area contributed by atoms with Crippen molar-refractivity contribution in [1.82, 2.24) is 0 Å². The highest BCUT2D eigenvalue weighted by Gasteiger charge is 2.60. The van der Waals surface area contributed by atoms with E-state index in [4.69, 9.17) is 16.4 Å². The van der Waals surface area contributed by atoms with Gasteiger partial charge in [0.1, 0.15) is 5.92 Å². The third kappa shape index (κ3) is 3.12. The fourth-order valence-electron chi connectivity index (χ4n) is 4.09. The van der Waals surface area contributed by atoms with Crippen LogP contribution in [0.3, 0.4) is 0 Å². The summed E-state index contributed by atoms with van der Waals surface area (Å²) in [4.78, 5) is 34.0.